The Morgan fingerprint density at radius 1 is 1.36 bits per heavy atom. The van der Waals surface area contributed by atoms with Crippen molar-refractivity contribution < 1.29 is 29.3 Å². The molecule has 10 nitrogen and oxygen atoms in total. The van der Waals surface area contributed by atoms with Crippen molar-refractivity contribution in [2.45, 2.75) is 25.3 Å². The number of nitrogens with two attached hydrogens (primary N) is 1. The lowest BCUT2D eigenvalue weighted by molar-refractivity contribution is -0.384. The molecule has 0 saturated carbocycles. The highest BCUT2D eigenvalue weighted by atomic mass is 16.6. The normalized spacial score (nSPS) is 11.5. The first kappa shape index (κ1) is 20.5. The number of carbonyl (C=O) groups is 2. The Kier molecular flexibility index (Phi) is 7.99. The molecule has 0 aromatic heterocycles. The minimum absolute atomic E-state index is 0.176. The lowest BCUT2D eigenvalue weighted by Crippen LogP contribution is -2.42. The van der Waals surface area contributed by atoms with E-state index >= 15 is 0 Å². The maximum atomic E-state index is 12.3. The van der Waals surface area contributed by atoms with Crippen LogP contribution < -0.4 is 16.5 Å². The van der Waals surface area contributed by atoms with Gasteiger partial charge in [0.05, 0.1) is 12.0 Å². The van der Waals surface area contributed by atoms with E-state index < -0.39 is 35.6 Å². The molecule has 0 bridgehead atoms. The van der Waals surface area contributed by atoms with E-state index in [0.29, 0.717) is 25.8 Å². The highest BCUT2D eigenvalue weighted by Crippen LogP contribution is 2.13. The summed E-state index contributed by atoms with van der Waals surface area (Å²) in [6.07, 6.45) is 1.52. The van der Waals surface area contributed by atoms with Crippen LogP contribution in [0.1, 0.15) is 29.6 Å². The molecule has 1 amide bonds. The molecule has 1 atom stereocenters. The largest absolute Gasteiger partial charge is 0.488 e. The topological polar surface area (TPSA) is 165 Å². The Bertz CT molecular complexity index is 639. The molecule has 1 aromatic carbocycles. The Morgan fingerprint density at radius 2 is 2.04 bits per heavy atom. The fourth-order valence-electron chi connectivity index (χ4n) is 2.15. The van der Waals surface area contributed by atoms with Gasteiger partial charge in [0.2, 0.25) is 0 Å². The highest BCUT2D eigenvalue weighted by Gasteiger charge is 2.24. The monoisotopic (exact) mass is 353 g/mol. The molecule has 0 aliphatic rings. The maximum Gasteiger partial charge on any atom is 0.488 e. The maximum absolute atomic E-state index is 12.3. The van der Waals surface area contributed by atoms with Gasteiger partial charge in [-0.1, -0.05) is 0 Å². The lowest BCUT2D eigenvalue weighted by atomic mass is 9.79. The summed E-state index contributed by atoms with van der Waals surface area (Å²) in [5.74, 6) is -1.42. The van der Waals surface area contributed by atoms with Crippen LogP contribution >= 0.6 is 0 Å². The van der Waals surface area contributed by atoms with Crippen LogP contribution in [0.15, 0.2) is 18.2 Å². The molecule has 0 aliphatic heterocycles. The van der Waals surface area contributed by atoms with Crippen LogP contribution in [0.2, 0.25) is 0 Å². The number of nitro benzene ring substituents is 1. The van der Waals surface area contributed by atoms with E-state index in [9.17, 15) is 29.8 Å². The van der Waals surface area contributed by atoms with Gasteiger partial charge in [0.15, 0.2) is 0 Å². The molecule has 1 unspecified atom stereocenters. The van der Waals surface area contributed by atoms with Crippen LogP contribution in [-0.4, -0.2) is 53.7 Å². The van der Waals surface area contributed by atoms with E-state index in [4.69, 9.17) is 5.73 Å². The number of ether oxygens (including phenoxy) is 1. The Hall–Kier alpha value is -2.50. The van der Waals surface area contributed by atoms with Gasteiger partial charge in [-0.05, 0) is 37.3 Å². The SMILES string of the molecule is COC(=O)C(CCCCN)NC(=O)c1cc(B(O)O)cc([N+](=O)[O-])c1. The lowest BCUT2D eigenvalue weighted by Gasteiger charge is -2.16. The van der Waals surface area contributed by atoms with Gasteiger partial charge >= 0.3 is 13.1 Å². The van der Waals surface area contributed by atoms with E-state index in [2.05, 4.69) is 10.1 Å². The van der Waals surface area contributed by atoms with Crippen LogP contribution in [-0.2, 0) is 9.53 Å². The van der Waals surface area contributed by atoms with Gasteiger partial charge < -0.3 is 25.8 Å². The second-order valence-corrected chi connectivity index (χ2v) is 5.28. The average molecular weight is 353 g/mol. The number of nitrogens with one attached hydrogen (secondary N) is 1. The molecular formula is C14H20BN3O7. The number of nitrogens with zero attached hydrogens (tertiary/aromatic N) is 1. The molecule has 0 heterocycles. The number of hydrogen-bond donors (Lipinski definition) is 4. The fourth-order valence-corrected chi connectivity index (χ4v) is 2.15. The Balaban J connectivity index is 3.02. The van der Waals surface area contributed by atoms with Crippen molar-refractivity contribution in [3.63, 3.8) is 0 Å². The minimum atomic E-state index is -1.98. The van der Waals surface area contributed by atoms with Crippen molar-refractivity contribution in [2.75, 3.05) is 13.7 Å². The third-order valence-corrected chi connectivity index (χ3v) is 3.45. The van der Waals surface area contributed by atoms with Crippen LogP contribution in [0.4, 0.5) is 5.69 Å². The standard InChI is InChI=1S/C14H20BN3O7/c1-25-14(20)12(4-2-3-5-16)17-13(19)9-6-10(15(21)22)8-11(7-9)18(23)24/h6-8,12,21-22H,2-5,16H2,1H3,(H,17,19). The average Bonchev–Trinajstić information content (AvgIpc) is 2.59. The molecule has 5 N–H and O–H groups in total. The van der Waals surface area contributed by atoms with Crippen LogP contribution in [0.25, 0.3) is 0 Å². The van der Waals surface area contributed by atoms with E-state index in [1.165, 1.54) is 7.11 Å². The second-order valence-electron chi connectivity index (χ2n) is 5.28. The van der Waals surface area contributed by atoms with Gasteiger partial charge in [-0.3, -0.25) is 14.9 Å². The van der Waals surface area contributed by atoms with Crippen LogP contribution in [0.5, 0.6) is 0 Å². The summed E-state index contributed by atoms with van der Waals surface area (Å²) in [5.41, 5.74) is 4.53. The van der Waals surface area contributed by atoms with Gasteiger partial charge in [-0.25, -0.2) is 4.79 Å². The number of rotatable bonds is 9. The molecule has 1 rings (SSSR count). The molecule has 0 aliphatic carbocycles. The van der Waals surface area contributed by atoms with Crippen LogP contribution in [0.3, 0.4) is 0 Å². The van der Waals surface area contributed by atoms with Gasteiger partial charge in [0.1, 0.15) is 6.04 Å². The van der Waals surface area contributed by atoms with Gasteiger partial charge in [0, 0.05) is 17.7 Å². The molecule has 25 heavy (non-hydrogen) atoms. The zero-order chi connectivity index (χ0) is 19.0. The number of amides is 1. The third-order valence-electron chi connectivity index (χ3n) is 3.45. The summed E-state index contributed by atoms with van der Waals surface area (Å²) in [6, 6.07) is 2.09. The summed E-state index contributed by atoms with van der Waals surface area (Å²) in [7, 11) is -0.801. The number of carbonyl (C=O) groups excluding carboxylic acids is 2. The smallest absolute Gasteiger partial charge is 0.467 e. The minimum Gasteiger partial charge on any atom is -0.467 e. The first-order valence-electron chi connectivity index (χ1n) is 7.54. The summed E-state index contributed by atoms with van der Waals surface area (Å²) in [4.78, 5) is 34.3. The van der Waals surface area contributed by atoms with Crippen molar-refractivity contribution in [3.8, 4) is 0 Å². The number of methoxy groups -OCH3 is 1. The van der Waals surface area contributed by atoms with Crippen molar-refractivity contribution in [1.29, 1.82) is 0 Å². The number of hydrogen-bond acceptors (Lipinski definition) is 8. The Labute approximate surface area is 144 Å². The van der Waals surface area contributed by atoms with E-state index in [0.717, 1.165) is 18.2 Å². The van der Waals surface area contributed by atoms with Crippen molar-refractivity contribution in [3.05, 3.63) is 33.9 Å². The number of non-ortho nitro benzene ring substituents is 1. The van der Waals surface area contributed by atoms with Gasteiger partial charge in [-0.15, -0.1) is 0 Å². The Morgan fingerprint density at radius 3 is 2.56 bits per heavy atom. The molecule has 0 spiro atoms. The van der Waals surface area contributed by atoms with E-state index in [1.807, 2.05) is 0 Å². The number of esters is 1. The number of benzene rings is 1. The predicted molar refractivity (Wildman–Crippen MR) is 89.1 cm³/mol. The van der Waals surface area contributed by atoms with Crippen LogP contribution in [0, 0.1) is 10.1 Å². The zero-order valence-electron chi connectivity index (χ0n) is 13.7. The number of nitro groups is 1. The fraction of sp³-hybridized carbons (Fsp3) is 0.429. The van der Waals surface area contributed by atoms with Crippen molar-refractivity contribution in [2.24, 2.45) is 5.73 Å². The third kappa shape index (κ3) is 6.14. The summed E-state index contributed by atoms with van der Waals surface area (Å²) in [6.45, 7) is 0.435. The highest BCUT2D eigenvalue weighted by molar-refractivity contribution is 6.58. The van der Waals surface area contributed by atoms with Crippen molar-refractivity contribution >= 4 is 30.1 Å². The molecule has 0 saturated heterocycles. The summed E-state index contributed by atoms with van der Waals surface area (Å²) in [5, 5.41) is 31.8. The predicted octanol–water partition coefficient (Wildman–Crippen LogP) is -1.32. The zero-order valence-corrected chi connectivity index (χ0v) is 13.7. The quantitative estimate of drug-likeness (QED) is 0.139. The molecule has 1 aromatic rings. The van der Waals surface area contributed by atoms with Gasteiger partial charge in [0.25, 0.3) is 11.6 Å². The van der Waals surface area contributed by atoms with E-state index in [-0.39, 0.29) is 11.0 Å². The number of unbranched alkanes of at least 4 members (excludes halogenated alkanes) is 1. The summed E-state index contributed by atoms with van der Waals surface area (Å²) >= 11 is 0. The van der Waals surface area contributed by atoms with Crippen molar-refractivity contribution in [1.82, 2.24) is 5.32 Å². The molecule has 136 valence electrons. The van der Waals surface area contributed by atoms with E-state index in [1.54, 1.807) is 0 Å². The first-order valence-corrected chi connectivity index (χ1v) is 7.54. The molecule has 0 fully saturated rings. The second kappa shape index (κ2) is 9.72. The molecular weight excluding hydrogens is 333 g/mol. The molecule has 0 radical (unpaired) electrons. The summed E-state index contributed by atoms with van der Waals surface area (Å²) < 4.78 is 4.63. The van der Waals surface area contributed by atoms with Gasteiger partial charge in [-0.2, -0.15) is 0 Å². The first-order chi connectivity index (χ1) is 11.8. The molecule has 11 heteroatoms.